The van der Waals surface area contributed by atoms with Crippen LogP contribution in [0.3, 0.4) is 0 Å². The number of amides is 3. The van der Waals surface area contributed by atoms with Crippen LogP contribution < -0.4 is 16.5 Å². The van der Waals surface area contributed by atoms with Crippen LogP contribution >= 0.6 is 11.8 Å². The number of hydrogen-bond acceptors (Lipinski definition) is 6. The first kappa shape index (κ1) is 17.1. The summed E-state index contributed by atoms with van der Waals surface area (Å²) < 4.78 is 1.45. The highest BCUT2D eigenvalue weighted by molar-refractivity contribution is 8.00. The van der Waals surface area contributed by atoms with E-state index in [1.54, 1.807) is 6.92 Å². The number of nitrogens with zero attached hydrogens (tertiary/aromatic N) is 3. The molecule has 0 saturated heterocycles. The predicted octanol–water partition coefficient (Wildman–Crippen LogP) is 1.51. The van der Waals surface area contributed by atoms with Crippen LogP contribution in [0.15, 0.2) is 5.16 Å². The van der Waals surface area contributed by atoms with E-state index in [9.17, 15) is 9.59 Å². The molecular formula is C15H24N6O2S. The molecule has 3 rings (SSSR count). The Morgan fingerprint density at radius 2 is 1.92 bits per heavy atom. The molecule has 2 saturated carbocycles. The Morgan fingerprint density at radius 3 is 2.58 bits per heavy atom. The van der Waals surface area contributed by atoms with E-state index in [0.29, 0.717) is 11.1 Å². The molecule has 0 spiro atoms. The van der Waals surface area contributed by atoms with Gasteiger partial charge in [0.15, 0.2) is 5.82 Å². The standard InChI is InChI=1S/C15H24N6O2S/c1-9(24-15-20-19-12(21(15)16)10-7-8-10)13(22)18-14(23)17-11-5-3-2-4-6-11/h9-11H,2-8,16H2,1H3,(H2,17,18,22,23)/t9-/m1/s1. The zero-order chi connectivity index (χ0) is 17.1. The highest BCUT2D eigenvalue weighted by Gasteiger charge is 2.31. The van der Waals surface area contributed by atoms with Gasteiger partial charge in [0.25, 0.3) is 0 Å². The third-order valence-corrected chi connectivity index (χ3v) is 5.52. The van der Waals surface area contributed by atoms with Gasteiger partial charge >= 0.3 is 6.03 Å². The first-order valence-electron chi connectivity index (χ1n) is 8.53. The molecule has 8 nitrogen and oxygen atoms in total. The Morgan fingerprint density at radius 1 is 1.21 bits per heavy atom. The number of nitrogens with two attached hydrogens (primary N) is 1. The van der Waals surface area contributed by atoms with E-state index in [1.165, 1.54) is 22.9 Å². The molecule has 2 aliphatic rings. The van der Waals surface area contributed by atoms with Crippen molar-refractivity contribution in [1.82, 2.24) is 25.5 Å². The van der Waals surface area contributed by atoms with Crippen LogP contribution in [0, 0.1) is 0 Å². The van der Waals surface area contributed by atoms with Crippen molar-refractivity contribution in [2.75, 3.05) is 5.84 Å². The number of urea groups is 1. The average molecular weight is 352 g/mol. The van der Waals surface area contributed by atoms with Gasteiger partial charge in [-0.3, -0.25) is 10.1 Å². The Balaban J connectivity index is 1.48. The second kappa shape index (κ2) is 7.42. The summed E-state index contributed by atoms with van der Waals surface area (Å²) in [5, 5.41) is 13.4. The third kappa shape index (κ3) is 4.19. The fraction of sp³-hybridized carbons (Fsp3) is 0.733. The fourth-order valence-corrected chi connectivity index (χ4v) is 3.66. The largest absolute Gasteiger partial charge is 0.336 e. The van der Waals surface area contributed by atoms with Gasteiger partial charge in [-0.05, 0) is 32.6 Å². The number of aromatic nitrogens is 3. The molecular weight excluding hydrogens is 328 g/mol. The zero-order valence-electron chi connectivity index (χ0n) is 13.8. The van der Waals surface area contributed by atoms with Crippen LogP contribution in [0.4, 0.5) is 4.79 Å². The Bertz CT molecular complexity index is 609. The van der Waals surface area contributed by atoms with Gasteiger partial charge in [0, 0.05) is 12.0 Å². The summed E-state index contributed by atoms with van der Waals surface area (Å²) in [4.78, 5) is 24.1. The van der Waals surface area contributed by atoms with Gasteiger partial charge in [-0.2, -0.15) is 0 Å². The summed E-state index contributed by atoms with van der Waals surface area (Å²) in [5.41, 5.74) is 0. The van der Waals surface area contributed by atoms with Crippen LogP contribution in [0.2, 0.25) is 0 Å². The summed E-state index contributed by atoms with van der Waals surface area (Å²) in [7, 11) is 0. The third-order valence-electron chi connectivity index (χ3n) is 4.46. The minimum Gasteiger partial charge on any atom is -0.336 e. The lowest BCUT2D eigenvalue weighted by atomic mass is 9.96. The second-order valence-electron chi connectivity index (χ2n) is 6.54. The maximum atomic E-state index is 12.2. The molecule has 1 aromatic heterocycles. The SMILES string of the molecule is C[C@@H](Sc1nnc(C2CC2)n1N)C(=O)NC(=O)NC1CCCCC1. The van der Waals surface area contributed by atoms with Gasteiger partial charge in [0.2, 0.25) is 11.1 Å². The van der Waals surface area contributed by atoms with Crippen molar-refractivity contribution >= 4 is 23.7 Å². The Hall–Kier alpha value is -1.77. The zero-order valence-corrected chi connectivity index (χ0v) is 14.6. The monoisotopic (exact) mass is 352 g/mol. The molecule has 3 amide bonds. The number of carbonyl (C=O) groups is 2. The Labute approximate surface area is 145 Å². The van der Waals surface area contributed by atoms with Crippen molar-refractivity contribution in [3.05, 3.63) is 5.82 Å². The van der Waals surface area contributed by atoms with Crippen molar-refractivity contribution in [3.8, 4) is 0 Å². The lowest BCUT2D eigenvalue weighted by Crippen LogP contribution is -2.47. The second-order valence-corrected chi connectivity index (χ2v) is 7.85. The minimum absolute atomic E-state index is 0.169. The summed E-state index contributed by atoms with van der Waals surface area (Å²) in [6, 6.07) is -0.255. The average Bonchev–Trinajstić information content (AvgIpc) is 3.33. The maximum Gasteiger partial charge on any atom is 0.321 e. The molecule has 0 radical (unpaired) electrons. The first-order valence-corrected chi connectivity index (χ1v) is 9.41. The number of hydrogen-bond donors (Lipinski definition) is 3. The van der Waals surface area contributed by atoms with Gasteiger partial charge in [-0.25, -0.2) is 9.47 Å². The van der Waals surface area contributed by atoms with Crippen molar-refractivity contribution in [2.24, 2.45) is 0 Å². The highest BCUT2D eigenvalue weighted by Crippen LogP contribution is 2.39. The molecule has 2 aliphatic carbocycles. The number of nitrogens with one attached hydrogen (secondary N) is 2. The molecule has 132 valence electrons. The minimum atomic E-state index is -0.486. The van der Waals surface area contributed by atoms with Crippen LogP contribution in [0.25, 0.3) is 0 Å². The number of thioether (sulfide) groups is 1. The quantitative estimate of drug-likeness (QED) is 0.546. The Kier molecular flexibility index (Phi) is 5.27. The van der Waals surface area contributed by atoms with E-state index in [0.717, 1.165) is 44.3 Å². The van der Waals surface area contributed by atoms with Crippen molar-refractivity contribution in [2.45, 2.75) is 74.2 Å². The summed E-state index contributed by atoms with van der Waals surface area (Å²) >= 11 is 1.20. The topological polar surface area (TPSA) is 115 Å². The predicted molar refractivity (Wildman–Crippen MR) is 91.0 cm³/mol. The van der Waals surface area contributed by atoms with Gasteiger partial charge in [0.05, 0.1) is 5.25 Å². The number of carbonyl (C=O) groups excluding carboxylic acids is 2. The molecule has 1 aromatic rings. The number of imide groups is 1. The van der Waals surface area contributed by atoms with Gasteiger partial charge in [-0.15, -0.1) is 10.2 Å². The highest BCUT2D eigenvalue weighted by atomic mass is 32.2. The molecule has 0 aliphatic heterocycles. The summed E-state index contributed by atoms with van der Waals surface area (Å²) in [6.45, 7) is 1.72. The summed E-state index contributed by atoms with van der Waals surface area (Å²) in [5.74, 6) is 6.78. The fourth-order valence-electron chi connectivity index (χ4n) is 2.88. The lowest BCUT2D eigenvalue weighted by molar-refractivity contribution is -0.119. The molecule has 1 atom stereocenters. The van der Waals surface area contributed by atoms with Crippen molar-refractivity contribution in [1.29, 1.82) is 0 Å². The lowest BCUT2D eigenvalue weighted by Gasteiger charge is -2.22. The molecule has 9 heteroatoms. The van der Waals surface area contributed by atoms with E-state index in [-0.39, 0.29) is 11.9 Å². The van der Waals surface area contributed by atoms with Crippen LogP contribution in [0.1, 0.15) is 63.6 Å². The maximum absolute atomic E-state index is 12.2. The smallest absolute Gasteiger partial charge is 0.321 e. The van der Waals surface area contributed by atoms with Gasteiger partial charge < -0.3 is 11.2 Å². The first-order chi connectivity index (χ1) is 11.5. The van der Waals surface area contributed by atoms with Crippen molar-refractivity contribution in [3.63, 3.8) is 0 Å². The summed E-state index contributed by atoms with van der Waals surface area (Å²) in [6.07, 6.45) is 7.59. The van der Waals surface area contributed by atoms with Gasteiger partial charge in [0.1, 0.15) is 0 Å². The van der Waals surface area contributed by atoms with Crippen LogP contribution in [-0.4, -0.2) is 38.1 Å². The van der Waals surface area contributed by atoms with Crippen LogP contribution in [0.5, 0.6) is 0 Å². The van der Waals surface area contributed by atoms with E-state index >= 15 is 0 Å². The molecule has 0 aromatic carbocycles. The normalized spacial score (nSPS) is 19.7. The number of nitrogen functional groups attached to an aromatic ring is 1. The van der Waals surface area contributed by atoms with E-state index in [1.807, 2.05) is 0 Å². The number of rotatable bonds is 5. The van der Waals surface area contributed by atoms with Gasteiger partial charge in [-0.1, -0.05) is 31.0 Å². The molecule has 0 bridgehead atoms. The molecule has 2 fully saturated rings. The van der Waals surface area contributed by atoms with E-state index in [4.69, 9.17) is 5.84 Å². The molecule has 24 heavy (non-hydrogen) atoms. The van der Waals surface area contributed by atoms with Crippen molar-refractivity contribution < 1.29 is 9.59 Å². The molecule has 4 N–H and O–H groups in total. The van der Waals surface area contributed by atoms with E-state index < -0.39 is 11.3 Å². The van der Waals surface area contributed by atoms with Crippen LogP contribution in [-0.2, 0) is 4.79 Å². The van der Waals surface area contributed by atoms with E-state index in [2.05, 4.69) is 20.8 Å². The molecule has 0 unspecified atom stereocenters. The molecule has 1 heterocycles.